The van der Waals surface area contributed by atoms with Gasteiger partial charge in [0.2, 0.25) is 6.41 Å². The van der Waals surface area contributed by atoms with Gasteiger partial charge < -0.3 is 21.3 Å². The lowest BCUT2D eigenvalue weighted by atomic mass is 9.87. The molecule has 0 unspecified atom stereocenters. The Balaban J connectivity index is 1.76. The Morgan fingerprint density at radius 2 is 2.11 bits per heavy atom. The lowest BCUT2D eigenvalue weighted by Crippen LogP contribution is -2.58. The number of anilines is 2. The number of nitrogens with zero attached hydrogens (tertiary/aromatic N) is 3. The van der Waals surface area contributed by atoms with E-state index < -0.39 is 0 Å². The first-order valence-electron chi connectivity index (χ1n) is 9.07. The lowest BCUT2D eigenvalue weighted by Gasteiger charge is -2.41. The molecule has 8 nitrogen and oxygen atoms in total. The first-order valence-corrected chi connectivity index (χ1v) is 9.45. The van der Waals surface area contributed by atoms with Gasteiger partial charge in [-0.1, -0.05) is 29.8 Å². The van der Waals surface area contributed by atoms with Crippen LogP contribution in [0.15, 0.2) is 30.5 Å². The number of benzene rings is 1. The number of piperidine rings is 1. The SMILES string of the molecule is CNCC1(NC=O)CCN(c2cnc(C(=N)c3ccccc3Cl)c(N)n2)CC1. The summed E-state index contributed by atoms with van der Waals surface area (Å²) >= 11 is 6.18. The Labute approximate surface area is 169 Å². The molecule has 0 aliphatic carbocycles. The van der Waals surface area contributed by atoms with E-state index in [9.17, 15) is 4.79 Å². The average molecular weight is 402 g/mol. The fourth-order valence-corrected chi connectivity index (χ4v) is 3.76. The molecule has 3 rings (SSSR count). The highest BCUT2D eigenvalue weighted by molar-refractivity contribution is 6.35. The van der Waals surface area contributed by atoms with Crippen molar-refractivity contribution in [3.8, 4) is 0 Å². The molecule has 1 aromatic heterocycles. The lowest BCUT2D eigenvalue weighted by molar-refractivity contribution is -0.111. The maximum Gasteiger partial charge on any atom is 0.207 e. The summed E-state index contributed by atoms with van der Waals surface area (Å²) in [4.78, 5) is 21.9. The maximum absolute atomic E-state index is 11.0. The van der Waals surface area contributed by atoms with Gasteiger partial charge in [0.25, 0.3) is 0 Å². The molecule has 5 N–H and O–H groups in total. The summed E-state index contributed by atoms with van der Waals surface area (Å²) in [6.45, 7) is 2.15. The predicted octanol–water partition coefficient (Wildman–Crippen LogP) is 1.43. The van der Waals surface area contributed by atoms with Gasteiger partial charge in [-0.25, -0.2) is 9.97 Å². The van der Waals surface area contributed by atoms with Gasteiger partial charge in [-0.3, -0.25) is 10.2 Å². The van der Waals surface area contributed by atoms with Gasteiger partial charge in [-0.2, -0.15) is 0 Å². The third kappa shape index (κ3) is 4.07. The molecule has 1 aliphatic heterocycles. The van der Waals surface area contributed by atoms with Crippen LogP contribution in [0.25, 0.3) is 0 Å². The van der Waals surface area contributed by atoms with E-state index in [-0.39, 0.29) is 17.1 Å². The van der Waals surface area contributed by atoms with Crippen molar-refractivity contribution >= 4 is 35.4 Å². The smallest absolute Gasteiger partial charge is 0.207 e. The van der Waals surface area contributed by atoms with E-state index in [1.807, 2.05) is 13.1 Å². The molecule has 148 valence electrons. The number of nitrogens with two attached hydrogens (primary N) is 1. The van der Waals surface area contributed by atoms with E-state index in [4.69, 9.17) is 22.7 Å². The molecule has 0 radical (unpaired) electrons. The van der Waals surface area contributed by atoms with Crippen LogP contribution >= 0.6 is 11.6 Å². The molecule has 9 heteroatoms. The zero-order chi connectivity index (χ0) is 20.1. The minimum Gasteiger partial charge on any atom is -0.382 e. The first-order chi connectivity index (χ1) is 13.5. The average Bonchev–Trinajstić information content (AvgIpc) is 2.69. The van der Waals surface area contributed by atoms with Crippen LogP contribution in [0.2, 0.25) is 5.02 Å². The molecule has 0 saturated carbocycles. The molecule has 1 aromatic carbocycles. The molecule has 1 saturated heterocycles. The summed E-state index contributed by atoms with van der Waals surface area (Å²) in [6.07, 6.45) is 3.96. The highest BCUT2D eigenvalue weighted by Gasteiger charge is 2.34. The van der Waals surface area contributed by atoms with E-state index in [1.165, 1.54) is 0 Å². The summed E-state index contributed by atoms with van der Waals surface area (Å²) in [5.41, 5.74) is 6.87. The quantitative estimate of drug-likeness (QED) is 0.411. The number of nitrogen functional groups attached to an aromatic ring is 1. The molecule has 2 heterocycles. The second kappa shape index (κ2) is 8.53. The maximum atomic E-state index is 11.0. The highest BCUT2D eigenvalue weighted by atomic mass is 35.5. The Morgan fingerprint density at radius 1 is 1.39 bits per heavy atom. The van der Waals surface area contributed by atoms with E-state index in [2.05, 4.69) is 25.5 Å². The molecule has 0 atom stereocenters. The van der Waals surface area contributed by atoms with Crippen molar-refractivity contribution in [2.75, 3.05) is 37.3 Å². The van der Waals surface area contributed by atoms with Crippen molar-refractivity contribution in [2.24, 2.45) is 0 Å². The van der Waals surface area contributed by atoms with Crippen molar-refractivity contribution in [3.63, 3.8) is 0 Å². The first kappa shape index (κ1) is 20.0. The summed E-state index contributed by atoms with van der Waals surface area (Å²) in [5.74, 6) is 0.859. The second-order valence-electron chi connectivity index (χ2n) is 6.88. The third-order valence-corrected chi connectivity index (χ3v) is 5.42. The van der Waals surface area contributed by atoms with Crippen LogP contribution in [-0.4, -0.2) is 54.3 Å². The topological polar surface area (TPSA) is 120 Å². The van der Waals surface area contributed by atoms with Crippen LogP contribution in [-0.2, 0) is 4.79 Å². The van der Waals surface area contributed by atoms with Gasteiger partial charge in [0.15, 0.2) is 5.82 Å². The van der Waals surface area contributed by atoms with Crippen molar-refractivity contribution < 1.29 is 4.79 Å². The van der Waals surface area contributed by atoms with Gasteiger partial charge in [0.1, 0.15) is 11.5 Å². The number of carbonyl (C=O) groups is 1. The number of halogens is 1. The molecule has 0 spiro atoms. The molecule has 0 bridgehead atoms. The van der Waals surface area contributed by atoms with Crippen LogP contribution < -0.4 is 21.3 Å². The number of rotatable bonds is 7. The Hall–Kier alpha value is -2.71. The summed E-state index contributed by atoms with van der Waals surface area (Å²) in [7, 11) is 1.87. The largest absolute Gasteiger partial charge is 0.382 e. The standard InChI is InChI=1S/C19H24ClN7O/c1-23-11-19(25-12-28)6-8-27(9-7-19)15-10-24-17(18(22)26-15)16(21)13-4-2-3-5-14(13)20/h2-5,10,12,21,23H,6-9,11H2,1H3,(H2,22,26)(H,25,28). The van der Waals surface area contributed by atoms with E-state index in [1.54, 1.807) is 24.4 Å². The number of amides is 1. The molecular weight excluding hydrogens is 378 g/mol. The van der Waals surface area contributed by atoms with Crippen molar-refractivity contribution in [1.29, 1.82) is 5.41 Å². The molecule has 28 heavy (non-hydrogen) atoms. The highest BCUT2D eigenvalue weighted by Crippen LogP contribution is 2.26. The normalized spacial score (nSPS) is 15.9. The van der Waals surface area contributed by atoms with E-state index in [0.717, 1.165) is 32.3 Å². The monoisotopic (exact) mass is 401 g/mol. The van der Waals surface area contributed by atoms with Crippen LogP contribution in [0, 0.1) is 5.41 Å². The van der Waals surface area contributed by atoms with Crippen LogP contribution in [0.1, 0.15) is 24.1 Å². The van der Waals surface area contributed by atoms with Crippen LogP contribution in [0.5, 0.6) is 0 Å². The Kier molecular flexibility index (Phi) is 6.11. The fourth-order valence-electron chi connectivity index (χ4n) is 3.53. The van der Waals surface area contributed by atoms with Crippen LogP contribution in [0.3, 0.4) is 0 Å². The van der Waals surface area contributed by atoms with Crippen LogP contribution in [0.4, 0.5) is 11.6 Å². The van der Waals surface area contributed by atoms with E-state index in [0.29, 0.717) is 28.6 Å². The van der Waals surface area contributed by atoms with Gasteiger partial charge in [-0.15, -0.1) is 0 Å². The number of carbonyl (C=O) groups excluding carboxylic acids is 1. The minimum absolute atomic E-state index is 0.143. The van der Waals surface area contributed by atoms with Gasteiger partial charge >= 0.3 is 0 Å². The Morgan fingerprint density at radius 3 is 2.71 bits per heavy atom. The molecular formula is C19H24ClN7O. The molecule has 2 aromatic rings. The van der Waals surface area contributed by atoms with Gasteiger partial charge in [0.05, 0.1) is 22.5 Å². The predicted molar refractivity (Wildman–Crippen MR) is 111 cm³/mol. The molecule has 1 fully saturated rings. The number of likely N-dealkylation sites (N-methyl/N-ethyl adjacent to an activating group) is 1. The Bertz CT molecular complexity index is 865. The van der Waals surface area contributed by atoms with Crippen molar-refractivity contribution in [2.45, 2.75) is 18.4 Å². The van der Waals surface area contributed by atoms with Crippen molar-refractivity contribution in [1.82, 2.24) is 20.6 Å². The minimum atomic E-state index is -0.252. The summed E-state index contributed by atoms with van der Waals surface area (Å²) in [5, 5.41) is 15.0. The zero-order valence-electron chi connectivity index (χ0n) is 15.7. The summed E-state index contributed by atoms with van der Waals surface area (Å²) in [6, 6.07) is 7.10. The number of aromatic nitrogens is 2. The fraction of sp³-hybridized carbons (Fsp3) is 0.368. The number of hydrogen-bond acceptors (Lipinski definition) is 7. The third-order valence-electron chi connectivity index (χ3n) is 5.09. The number of hydrogen-bond donors (Lipinski definition) is 4. The molecule has 1 aliphatic rings. The van der Waals surface area contributed by atoms with Gasteiger partial charge in [-0.05, 0) is 26.0 Å². The van der Waals surface area contributed by atoms with Gasteiger partial charge in [0, 0.05) is 25.2 Å². The van der Waals surface area contributed by atoms with E-state index >= 15 is 0 Å². The molecule has 1 amide bonds. The second-order valence-corrected chi connectivity index (χ2v) is 7.28. The summed E-state index contributed by atoms with van der Waals surface area (Å²) < 4.78 is 0. The number of nitrogens with one attached hydrogen (secondary N) is 3. The zero-order valence-corrected chi connectivity index (χ0v) is 16.5. The van der Waals surface area contributed by atoms with Crippen molar-refractivity contribution in [3.05, 3.63) is 46.7 Å².